The Balaban J connectivity index is 1.45. The monoisotopic (exact) mass is 430 g/mol. The Hall–Kier alpha value is -0.410. The predicted molar refractivity (Wildman–Crippen MR) is 124 cm³/mol. The lowest BCUT2D eigenvalue weighted by atomic mass is 9.70. The van der Waals surface area contributed by atoms with Gasteiger partial charge in [0.15, 0.2) is 5.78 Å². The average molecular weight is 431 g/mol. The highest BCUT2D eigenvalue weighted by Crippen LogP contribution is 2.71. The molecule has 2 bridgehead atoms. The first-order valence-electron chi connectivity index (χ1n) is 13.0. The van der Waals surface area contributed by atoms with Crippen molar-refractivity contribution in [1.29, 1.82) is 0 Å². The Morgan fingerprint density at radius 1 is 1.00 bits per heavy atom. The Morgan fingerprint density at radius 3 is 2.39 bits per heavy atom. The van der Waals surface area contributed by atoms with Gasteiger partial charge in [0.25, 0.3) is 0 Å². The average Bonchev–Trinajstić information content (AvgIpc) is 3.31. The first-order chi connectivity index (χ1) is 14.2. The van der Waals surface area contributed by atoms with Gasteiger partial charge in [0.05, 0.1) is 18.8 Å². The van der Waals surface area contributed by atoms with Crippen LogP contribution in [-0.2, 0) is 14.3 Å². The summed E-state index contributed by atoms with van der Waals surface area (Å²) in [4.78, 5) is 13.7. The van der Waals surface area contributed by atoms with Crippen LogP contribution in [0.25, 0.3) is 0 Å². The first kappa shape index (κ1) is 22.4. The van der Waals surface area contributed by atoms with Crippen LogP contribution in [0.1, 0.15) is 100 Å². The van der Waals surface area contributed by atoms with E-state index in [1.54, 1.807) is 0 Å². The van der Waals surface area contributed by atoms with Crippen molar-refractivity contribution >= 4 is 5.78 Å². The lowest BCUT2D eigenvalue weighted by molar-refractivity contribution is -0.170. The zero-order valence-corrected chi connectivity index (χ0v) is 21.3. The van der Waals surface area contributed by atoms with E-state index in [9.17, 15) is 4.79 Å². The molecule has 0 radical (unpaired) electrons. The largest absolute Gasteiger partial charge is 0.375 e. The van der Waals surface area contributed by atoms with Gasteiger partial charge in [-0.25, -0.2) is 0 Å². The molecule has 0 N–H and O–H groups in total. The number of fused-ring (bicyclic) bond motifs is 2. The van der Waals surface area contributed by atoms with Crippen LogP contribution in [0.5, 0.6) is 0 Å². The molecule has 0 amide bonds. The van der Waals surface area contributed by atoms with E-state index in [0.29, 0.717) is 23.0 Å². The number of carbonyl (C=O) groups is 1. The van der Waals surface area contributed by atoms with E-state index >= 15 is 0 Å². The molecule has 0 aromatic heterocycles. The third kappa shape index (κ3) is 3.00. The highest BCUT2D eigenvalue weighted by molar-refractivity contribution is 5.90. The number of rotatable bonds is 4. The molecule has 0 unspecified atom stereocenters. The van der Waals surface area contributed by atoms with Crippen LogP contribution in [-0.4, -0.2) is 30.7 Å². The van der Waals surface area contributed by atoms with Crippen LogP contribution < -0.4 is 0 Å². The molecule has 176 valence electrons. The van der Waals surface area contributed by atoms with Gasteiger partial charge in [-0.05, 0) is 72.0 Å². The van der Waals surface area contributed by atoms with Gasteiger partial charge in [-0.2, -0.15) is 0 Å². The summed E-state index contributed by atoms with van der Waals surface area (Å²) in [5.41, 5.74) is 0.956. The molecule has 0 heterocycles. The fourth-order valence-electron chi connectivity index (χ4n) is 9.19. The summed E-state index contributed by atoms with van der Waals surface area (Å²) >= 11 is 0. The SMILES string of the molecule is CC(C)(C)CO[C@@H]1[C@H]2CC[C@@](C)([C@@H]1O[C@@H]1C(=O)[C@@H]3CCC[C@@]34CC(C)(C)C[C@@H]14)C2(C)C. The maximum atomic E-state index is 13.7. The van der Waals surface area contributed by atoms with Crippen LogP contribution >= 0.6 is 0 Å². The van der Waals surface area contributed by atoms with Crippen molar-refractivity contribution in [1.82, 2.24) is 0 Å². The van der Waals surface area contributed by atoms with Gasteiger partial charge in [0.2, 0.25) is 0 Å². The number of ether oxygens (including phenoxy) is 2. The summed E-state index contributed by atoms with van der Waals surface area (Å²) < 4.78 is 13.8. The minimum Gasteiger partial charge on any atom is -0.375 e. The molecule has 5 aliphatic rings. The molecule has 8 atom stereocenters. The first-order valence-corrected chi connectivity index (χ1v) is 13.0. The molecule has 0 aliphatic heterocycles. The third-order valence-corrected chi connectivity index (χ3v) is 10.8. The van der Waals surface area contributed by atoms with Crippen molar-refractivity contribution in [2.24, 2.45) is 44.8 Å². The van der Waals surface area contributed by atoms with E-state index in [4.69, 9.17) is 9.47 Å². The molecule has 0 aromatic carbocycles. The standard InChI is InChI=1S/C28H46O3/c1-24(2,3)16-30-22-18-11-13-27(8,26(18,6)7)23(22)31-21-19-14-25(4,5)15-28(19)12-9-10-17(28)20(21)29/h17-19,21-23H,9-16H2,1-8H3/t17-,18+,19-,21-,22+,23+,27-,28+/m0/s1. The second-order valence-electron chi connectivity index (χ2n) is 14.8. The van der Waals surface area contributed by atoms with E-state index in [-0.39, 0.29) is 45.9 Å². The van der Waals surface area contributed by atoms with Crippen molar-refractivity contribution in [2.75, 3.05) is 6.61 Å². The Bertz CT molecular complexity index is 761. The van der Waals surface area contributed by atoms with E-state index in [0.717, 1.165) is 19.4 Å². The van der Waals surface area contributed by atoms with E-state index in [2.05, 4.69) is 55.4 Å². The van der Waals surface area contributed by atoms with Gasteiger partial charge in [-0.3, -0.25) is 4.79 Å². The van der Waals surface area contributed by atoms with E-state index < -0.39 is 0 Å². The zero-order chi connectivity index (χ0) is 22.6. The molecule has 5 saturated carbocycles. The Labute approximate surface area is 190 Å². The normalized spacial score (nSPS) is 49.6. The van der Waals surface area contributed by atoms with Crippen LogP contribution in [0.15, 0.2) is 0 Å². The van der Waals surface area contributed by atoms with Crippen molar-refractivity contribution in [2.45, 2.75) is 119 Å². The second-order valence-corrected chi connectivity index (χ2v) is 14.8. The van der Waals surface area contributed by atoms with Crippen LogP contribution in [0.3, 0.4) is 0 Å². The second kappa shape index (κ2) is 6.59. The molecule has 5 rings (SSSR count). The van der Waals surface area contributed by atoms with Crippen molar-refractivity contribution in [3.05, 3.63) is 0 Å². The molecule has 31 heavy (non-hydrogen) atoms. The fraction of sp³-hybridized carbons (Fsp3) is 0.964. The predicted octanol–water partition coefficient (Wildman–Crippen LogP) is 6.43. The Kier molecular flexibility index (Phi) is 4.76. The molecule has 3 nitrogen and oxygen atoms in total. The van der Waals surface area contributed by atoms with Crippen molar-refractivity contribution in [3.63, 3.8) is 0 Å². The number of hydrogen-bond donors (Lipinski definition) is 0. The van der Waals surface area contributed by atoms with Crippen LogP contribution in [0.2, 0.25) is 0 Å². The zero-order valence-electron chi connectivity index (χ0n) is 21.3. The molecule has 5 aliphatic carbocycles. The highest BCUT2D eigenvalue weighted by Gasteiger charge is 2.71. The molecule has 1 spiro atoms. The van der Waals surface area contributed by atoms with Crippen LogP contribution in [0, 0.1) is 44.8 Å². The molecular formula is C28H46O3. The maximum Gasteiger partial charge on any atom is 0.165 e. The van der Waals surface area contributed by atoms with Crippen LogP contribution in [0.4, 0.5) is 0 Å². The molecule has 0 saturated heterocycles. The van der Waals surface area contributed by atoms with Gasteiger partial charge in [-0.15, -0.1) is 0 Å². The summed E-state index contributed by atoms with van der Waals surface area (Å²) in [6, 6.07) is 0. The fourth-order valence-corrected chi connectivity index (χ4v) is 9.19. The van der Waals surface area contributed by atoms with Gasteiger partial charge >= 0.3 is 0 Å². The summed E-state index contributed by atoms with van der Waals surface area (Å²) in [5, 5.41) is 0. The topological polar surface area (TPSA) is 35.5 Å². The van der Waals surface area contributed by atoms with Gasteiger partial charge in [0.1, 0.15) is 6.10 Å². The van der Waals surface area contributed by atoms with Crippen molar-refractivity contribution in [3.8, 4) is 0 Å². The molecule has 0 aromatic rings. The summed E-state index contributed by atoms with van der Waals surface area (Å²) in [6.45, 7) is 19.6. The number of ketones is 1. The molecule has 5 fully saturated rings. The van der Waals surface area contributed by atoms with Gasteiger partial charge < -0.3 is 9.47 Å². The highest BCUT2D eigenvalue weighted by atomic mass is 16.6. The molecular weight excluding hydrogens is 384 g/mol. The maximum absolute atomic E-state index is 13.7. The summed E-state index contributed by atoms with van der Waals surface area (Å²) in [7, 11) is 0. The van der Waals surface area contributed by atoms with Gasteiger partial charge in [-0.1, -0.05) is 61.8 Å². The smallest absolute Gasteiger partial charge is 0.165 e. The van der Waals surface area contributed by atoms with Gasteiger partial charge in [0, 0.05) is 11.3 Å². The third-order valence-electron chi connectivity index (χ3n) is 10.8. The number of hydrogen-bond acceptors (Lipinski definition) is 3. The molecule has 3 heteroatoms. The Morgan fingerprint density at radius 2 is 1.71 bits per heavy atom. The minimum atomic E-state index is -0.204. The minimum absolute atomic E-state index is 0.0390. The lowest BCUT2D eigenvalue weighted by Crippen LogP contribution is -2.47. The summed E-state index contributed by atoms with van der Waals surface area (Å²) in [5.74, 6) is 1.63. The number of carbonyl (C=O) groups excluding carboxylic acids is 1. The quantitative estimate of drug-likeness (QED) is 0.515. The summed E-state index contributed by atoms with van der Waals surface area (Å²) in [6.07, 6.45) is 8.26. The number of Topliss-reactive ketones (excluding diaryl/α,β-unsaturated/α-hetero) is 1. The van der Waals surface area contributed by atoms with E-state index in [1.807, 2.05) is 0 Å². The van der Waals surface area contributed by atoms with Crippen molar-refractivity contribution < 1.29 is 14.3 Å². The lowest BCUT2D eigenvalue weighted by Gasteiger charge is -2.42. The van der Waals surface area contributed by atoms with E-state index in [1.165, 1.54) is 32.1 Å².